The zero-order valence-electron chi connectivity index (χ0n) is 13.0. The van der Waals surface area contributed by atoms with E-state index in [1.165, 1.54) is 19.4 Å². The molecule has 1 aliphatic rings. The second-order valence-electron chi connectivity index (χ2n) is 6.26. The number of nitrogens with zero attached hydrogens (tertiary/aromatic N) is 1. The van der Waals surface area contributed by atoms with E-state index in [0.29, 0.717) is 17.3 Å². The van der Waals surface area contributed by atoms with E-state index < -0.39 is 0 Å². The molecule has 0 atom stereocenters. The van der Waals surface area contributed by atoms with E-state index in [2.05, 4.69) is 18.7 Å². The Morgan fingerprint density at radius 1 is 1.33 bits per heavy atom. The molecule has 1 aromatic rings. The molecule has 0 aromatic heterocycles. The smallest absolute Gasteiger partial charge is 0.119 e. The normalized spacial score (nSPS) is 14.7. The highest BCUT2D eigenvalue weighted by molar-refractivity contribution is 7.80. The van der Waals surface area contributed by atoms with Crippen LogP contribution in [0, 0.1) is 5.92 Å². The molecule has 0 heterocycles. The van der Waals surface area contributed by atoms with Crippen molar-refractivity contribution in [2.24, 2.45) is 11.7 Å². The maximum atomic E-state index is 5.85. The molecule has 0 radical (unpaired) electrons. The fourth-order valence-corrected chi connectivity index (χ4v) is 2.68. The van der Waals surface area contributed by atoms with Gasteiger partial charge in [-0.25, -0.2) is 0 Å². The summed E-state index contributed by atoms with van der Waals surface area (Å²) in [5.74, 6) is 1.63. The monoisotopic (exact) mass is 306 g/mol. The molecule has 2 rings (SSSR count). The van der Waals surface area contributed by atoms with Crippen LogP contribution in [0.5, 0.6) is 5.75 Å². The molecule has 1 aromatic carbocycles. The summed E-state index contributed by atoms with van der Waals surface area (Å²) >= 11 is 4.91. The Morgan fingerprint density at radius 2 is 2.00 bits per heavy atom. The van der Waals surface area contributed by atoms with Crippen molar-refractivity contribution in [1.29, 1.82) is 0 Å². The van der Waals surface area contributed by atoms with E-state index in [9.17, 15) is 0 Å². The Bertz CT molecular complexity index is 454. The molecule has 116 valence electrons. The molecule has 1 saturated carbocycles. The number of hydrogen-bond donors (Lipinski definition) is 1. The van der Waals surface area contributed by atoms with Gasteiger partial charge in [0.25, 0.3) is 0 Å². The van der Waals surface area contributed by atoms with Crippen LogP contribution < -0.4 is 10.5 Å². The second-order valence-corrected chi connectivity index (χ2v) is 6.78. The number of ether oxygens (including phenoxy) is 1. The van der Waals surface area contributed by atoms with Crippen molar-refractivity contribution in [1.82, 2.24) is 4.90 Å². The van der Waals surface area contributed by atoms with E-state index in [0.717, 1.165) is 30.5 Å². The zero-order valence-corrected chi connectivity index (χ0v) is 13.9. The highest BCUT2D eigenvalue weighted by Crippen LogP contribution is 2.27. The lowest BCUT2D eigenvalue weighted by Gasteiger charge is -2.23. The van der Waals surface area contributed by atoms with Crippen molar-refractivity contribution in [2.75, 3.05) is 19.7 Å². The van der Waals surface area contributed by atoms with Gasteiger partial charge in [0, 0.05) is 25.6 Å². The Hall–Kier alpha value is -1.13. The molecule has 0 aliphatic heterocycles. The van der Waals surface area contributed by atoms with Crippen molar-refractivity contribution in [3.05, 3.63) is 29.8 Å². The SMILES string of the molecule is CC(C)CN(CCOc1ccc(CC(N)=S)cc1)C1CC1. The average Bonchev–Trinajstić information content (AvgIpc) is 3.23. The third kappa shape index (κ3) is 6.02. The van der Waals surface area contributed by atoms with E-state index in [1.54, 1.807) is 0 Å². The number of thiocarbonyl (C=S) groups is 1. The molecule has 21 heavy (non-hydrogen) atoms. The topological polar surface area (TPSA) is 38.5 Å². The molecule has 0 saturated heterocycles. The van der Waals surface area contributed by atoms with Crippen LogP contribution in [-0.4, -0.2) is 35.6 Å². The van der Waals surface area contributed by atoms with Crippen molar-refractivity contribution in [3.8, 4) is 5.75 Å². The standard InChI is InChI=1S/C17H26N2OS/c1-13(2)12-19(15-5-6-15)9-10-20-16-7-3-14(4-8-16)11-17(18)21/h3-4,7-8,13,15H,5-6,9-12H2,1-2H3,(H2,18,21). The first kappa shape index (κ1) is 16.2. The molecular weight excluding hydrogens is 280 g/mol. The van der Waals surface area contributed by atoms with Crippen molar-refractivity contribution in [2.45, 2.75) is 39.2 Å². The van der Waals surface area contributed by atoms with Crippen LogP contribution in [0.25, 0.3) is 0 Å². The van der Waals surface area contributed by atoms with Gasteiger partial charge in [-0.1, -0.05) is 38.2 Å². The van der Waals surface area contributed by atoms with Gasteiger partial charge in [0.15, 0.2) is 0 Å². The summed E-state index contributed by atoms with van der Waals surface area (Å²) in [5, 5.41) is 0. The highest BCUT2D eigenvalue weighted by Gasteiger charge is 2.28. The van der Waals surface area contributed by atoms with Gasteiger partial charge in [-0.3, -0.25) is 4.90 Å². The number of hydrogen-bond acceptors (Lipinski definition) is 3. The Morgan fingerprint density at radius 3 is 2.52 bits per heavy atom. The van der Waals surface area contributed by atoms with Crippen LogP contribution in [-0.2, 0) is 6.42 Å². The van der Waals surface area contributed by atoms with Gasteiger partial charge in [0.1, 0.15) is 12.4 Å². The molecule has 0 bridgehead atoms. The minimum absolute atomic E-state index is 0.525. The lowest BCUT2D eigenvalue weighted by molar-refractivity contribution is 0.185. The average molecular weight is 306 g/mol. The van der Waals surface area contributed by atoms with Crippen LogP contribution in [0.15, 0.2) is 24.3 Å². The molecular formula is C17H26N2OS. The summed E-state index contributed by atoms with van der Waals surface area (Å²) < 4.78 is 5.85. The van der Waals surface area contributed by atoms with Gasteiger partial charge in [-0.05, 0) is 36.5 Å². The lowest BCUT2D eigenvalue weighted by Crippen LogP contribution is -2.33. The van der Waals surface area contributed by atoms with Crippen LogP contribution in [0.1, 0.15) is 32.3 Å². The maximum Gasteiger partial charge on any atom is 0.119 e. The summed E-state index contributed by atoms with van der Waals surface area (Å²) in [5.41, 5.74) is 6.68. The molecule has 1 aliphatic carbocycles. The third-order valence-electron chi connectivity index (χ3n) is 3.61. The fourth-order valence-electron chi connectivity index (χ4n) is 2.52. The van der Waals surface area contributed by atoms with Gasteiger partial charge >= 0.3 is 0 Å². The van der Waals surface area contributed by atoms with Crippen LogP contribution in [0.4, 0.5) is 0 Å². The summed E-state index contributed by atoms with van der Waals surface area (Å²) in [7, 11) is 0. The molecule has 4 heteroatoms. The highest BCUT2D eigenvalue weighted by atomic mass is 32.1. The second kappa shape index (κ2) is 7.76. The Labute approximate surface area is 133 Å². The summed E-state index contributed by atoms with van der Waals surface area (Å²) in [4.78, 5) is 3.09. The first-order valence-corrected chi connectivity index (χ1v) is 8.19. The molecule has 0 amide bonds. The first-order chi connectivity index (χ1) is 10.0. The van der Waals surface area contributed by atoms with Gasteiger partial charge in [-0.15, -0.1) is 0 Å². The largest absolute Gasteiger partial charge is 0.492 e. The molecule has 0 spiro atoms. The predicted octanol–water partition coefficient (Wildman–Crippen LogP) is 3.01. The van der Waals surface area contributed by atoms with Gasteiger partial charge in [-0.2, -0.15) is 0 Å². The van der Waals surface area contributed by atoms with Crippen molar-refractivity contribution >= 4 is 17.2 Å². The first-order valence-electron chi connectivity index (χ1n) is 7.78. The van der Waals surface area contributed by atoms with Crippen LogP contribution in [0.3, 0.4) is 0 Å². The predicted molar refractivity (Wildman–Crippen MR) is 91.9 cm³/mol. The van der Waals surface area contributed by atoms with Gasteiger partial charge < -0.3 is 10.5 Å². The molecule has 2 N–H and O–H groups in total. The third-order valence-corrected chi connectivity index (χ3v) is 3.76. The summed E-state index contributed by atoms with van der Waals surface area (Å²) in [6.07, 6.45) is 3.35. The molecule has 1 fully saturated rings. The van der Waals surface area contributed by atoms with Gasteiger partial charge in [0.2, 0.25) is 0 Å². The summed E-state index contributed by atoms with van der Waals surface area (Å²) in [6.45, 7) is 7.48. The van der Waals surface area contributed by atoms with E-state index >= 15 is 0 Å². The Balaban J connectivity index is 1.75. The minimum atomic E-state index is 0.525. The quantitative estimate of drug-likeness (QED) is 0.712. The Kier molecular flexibility index (Phi) is 6.00. The molecule has 0 unspecified atom stereocenters. The van der Waals surface area contributed by atoms with E-state index in [-0.39, 0.29) is 0 Å². The maximum absolute atomic E-state index is 5.85. The minimum Gasteiger partial charge on any atom is -0.492 e. The number of benzene rings is 1. The van der Waals surface area contributed by atoms with Crippen molar-refractivity contribution in [3.63, 3.8) is 0 Å². The fraction of sp³-hybridized carbons (Fsp3) is 0.588. The van der Waals surface area contributed by atoms with Crippen LogP contribution >= 0.6 is 12.2 Å². The number of nitrogens with two attached hydrogens (primary N) is 1. The van der Waals surface area contributed by atoms with Crippen LogP contribution in [0.2, 0.25) is 0 Å². The van der Waals surface area contributed by atoms with E-state index in [4.69, 9.17) is 22.7 Å². The van der Waals surface area contributed by atoms with Crippen molar-refractivity contribution < 1.29 is 4.74 Å². The zero-order chi connectivity index (χ0) is 15.2. The van der Waals surface area contributed by atoms with E-state index in [1.807, 2.05) is 24.3 Å². The lowest BCUT2D eigenvalue weighted by atomic mass is 10.1. The molecule has 3 nitrogen and oxygen atoms in total. The number of rotatable bonds is 9. The summed E-state index contributed by atoms with van der Waals surface area (Å²) in [6, 6.07) is 8.85. The van der Waals surface area contributed by atoms with Gasteiger partial charge in [0.05, 0.1) is 4.99 Å².